The fourth-order valence-corrected chi connectivity index (χ4v) is 4.27. The Hall–Kier alpha value is -3.45. The van der Waals surface area contributed by atoms with Gasteiger partial charge in [0.1, 0.15) is 0 Å². The Balaban J connectivity index is 1.49. The lowest BCUT2D eigenvalue weighted by atomic mass is 9.90. The number of aryl methyl sites for hydroxylation is 3. The second kappa shape index (κ2) is 9.58. The van der Waals surface area contributed by atoms with E-state index in [9.17, 15) is 9.59 Å². The first-order chi connectivity index (χ1) is 15.9. The summed E-state index contributed by atoms with van der Waals surface area (Å²) in [5.41, 5.74) is 9.89. The van der Waals surface area contributed by atoms with Gasteiger partial charge in [-0.3, -0.25) is 14.3 Å². The molecule has 2 amide bonds. The molecular formula is C26H30N4O3. The molecule has 1 fully saturated rings. The van der Waals surface area contributed by atoms with Crippen molar-refractivity contribution >= 4 is 11.8 Å². The highest BCUT2D eigenvalue weighted by atomic mass is 16.5. The fourth-order valence-electron chi connectivity index (χ4n) is 4.27. The number of ether oxygens (including phenoxy) is 1. The van der Waals surface area contributed by atoms with Crippen LogP contribution in [0.5, 0.6) is 0 Å². The molecule has 0 aliphatic carbocycles. The number of benzene rings is 2. The number of nitrogens with two attached hydrogens (primary N) is 1. The molecule has 2 aromatic carbocycles. The molecule has 7 nitrogen and oxygen atoms in total. The number of rotatable bonds is 7. The van der Waals surface area contributed by atoms with Crippen molar-refractivity contribution in [3.63, 3.8) is 0 Å². The summed E-state index contributed by atoms with van der Waals surface area (Å²) in [6, 6.07) is 18.2. The molecule has 0 saturated carbocycles. The monoisotopic (exact) mass is 446 g/mol. The van der Waals surface area contributed by atoms with Crippen molar-refractivity contribution in [2.45, 2.75) is 38.8 Å². The Kier molecular flexibility index (Phi) is 6.60. The van der Waals surface area contributed by atoms with Gasteiger partial charge in [0.15, 0.2) is 5.60 Å². The van der Waals surface area contributed by atoms with Gasteiger partial charge in [-0.25, -0.2) is 0 Å². The number of primary amides is 1. The van der Waals surface area contributed by atoms with Crippen LogP contribution in [0, 0.1) is 13.8 Å². The summed E-state index contributed by atoms with van der Waals surface area (Å²) in [5.74, 6) is -0.587. The highest BCUT2D eigenvalue weighted by Gasteiger charge is 2.43. The van der Waals surface area contributed by atoms with Crippen LogP contribution in [0.4, 0.5) is 0 Å². The van der Waals surface area contributed by atoms with Crippen molar-refractivity contribution in [3.8, 4) is 11.1 Å². The van der Waals surface area contributed by atoms with Crippen LogP contribution in [0.15, 0.2) is 60.8 Å². The molecule has 1 saturated heterocycles. The maximum absolute atomic E-state index is 12.9. The maximum atomic E-state index is 12.9. The van der Waals surface area contributed by atoms with E-state index in [1.807, 2.05) is 31.2 Å². The van der Waals surface area contributed by atoms with Gasteiger partial charge in [0.25, 0.3) is 5.91 Å². The van der Waals surface area contributed by atoms with E-state index in [4.69, 9.17) is 10.5 Å². The molecule has 2 N–H and O–H groups in total. The van der Waals surface area contributed by atoms with E-state index in [0.29, 0.717) is 25.9 Å². The Morgan fingerprint density at radius 3 is 2.58 bits per heavy atom. The number of hydrogen-bond acceptors (Lipinski definition) is 4. The molecule has 1 aromatic heterocycles. The average Bonchev–Trinajstić information content (AvgIpc) is 3.23. The third-order valence-corrected chi connectivity index (χ3v) is 6.26. The number of aromatic nitrogens is 2. The lowest BCUT2D eigenvalue weighted by Crippen LogP contribution is -2.61. The smallest absolute Gasteiger partial charge is 0.251 e. The highest BCUT2D eigenvalue weighted by Crippen LogP contribution is 2.27. The van der Waals surface area contributed by atoms with Crippen LogP contribution in [0.3, 0.4) is 0 Å². The molecule has 0 bridgehead atoms. The Morgan fingerprint density at radius 2 is 1.88 bits per heavy atom. The largest absolute Gasteiger partial charge is 0.367 e. The number of carbonyl (C=O) groups is 2. The predicted molar refractivity (Wildman–Crippen MR) is 126 cm³/mol. The summed E-state index contributed by atoms with van der Waals surface area (Å²) in [6.45, 7) is 5.36. The Morgan fingerprint density at radius 1 is 1.09 bits per heavy atom. The van der Waals surface area contributed by atoms with Gasteiger partial charge in [0.05, 0.1) is 13.2 Å². The van der Waals surface area contributed by atoms with E-state index < -0.39 is 11.5 Å². The normalized spacial score (nSPS) is 18.3. The number of carbonyl (C=O) groups excluding carboxylic acids is 2. The van der Waals surface area contributed by atoms with E-state index in [1.54, 1.807) is 15.8 Å². The number of hydrogen-bond donors (Lipinski definition) is 1. The molecule has 2 heterocycles. The third-order valence-electron chi connectivity index (χ3n) is 6.26. The molecular weight excluding hydrogens is 416 g/mol. The molecule has 3 aromatic rings. The van der Waals surface area contributed by atoms with Gasteiger partial charge < -0.3 is 15.4 Å². The van der Waals surface area contributed by atoms with Crippen LogP contribution < -0.4 is 5.73 Å². The number of amides is 2. The second-order valence-corrected chi connectivity index (χ2v) is 8.71. The average molecular weight is 447 g/mol. The summed E-state index contributed by atoms with van der Waals surface area (Å²) >= 11 is 0. The zero-order chi connectivity index (χ0) is 23.4. The number of morpholine rings is 1. The van der Waals surface area contributed by atoms with Crippen LogP contribution >= 0.6 is 0 Å². The minimum absolute atomic E-state index is 0.0350. The van der Waals surface area contributed by atoms with Crippen molar-refractivity contribution in [2.75, 3.05) is 19.7 Å². The summed E-state index contributed by atoms with van der Waals surface area (Å²) in [4.78, 5) is 27.2. The van der Waals surface area contributed by atoms with Crippen molar-refractivity contribution in [2.24, 2.45) is 5.73 Å². The molecule has 1 atom stereocenters. The molecule has 7 heteroatoms. The van der Waals surface area contributed by atoms with Crippen LogP contribution in [-0.2, 0) is 27.3 Å². The van der Waals surface area contributed by atoms with Crippen LogP contribution in [0.25, 0.3) is 11.1 Å². The Bertz CT molecular complexity index is 1140. The number of nitrogens with zero attached hydrogens (tertiary/aromatic N) is 3. The lowest BCUT2D eigenvalue weighted by molar-refractivity contribution is -0.163. The van der Waals surface area contributed by atoms with E-state index in [0.717, 1.165) is 22.4 Å². The van der Waals surface area contributed by atoms with E-state index in [2.05, 4.69) is 42.4 Å². The van der Waals surface area contributed by atoms with Gasteiger partial charge in [-0.2, -0.15) is 5.10 Å². The van der Waals surface area contributed by atoms with Gasteiger partial charge in [-0.05, 0) is 36.6 Å². The van der Waals surface area contributed by atoms with E-state index >= 15 is 0 Å². The molecule has 4 rings (SSSR count). The zero-order valence-corrected chi connectivity index (χ0v) is 19.2. The van der Waals surface area contributed by atoms with E-state index in [1.165, 1.54) is 5.56 Å². The van der Waals surface area contributed by atoms with Crippen LogP contribution in [0.2, 0.25) is 0 Å². The first-order valence-electron chi connectivity index (χ1n) is 11.2. The quantitative estimate of drug-likeness (QED) is 0.604. The Labute approximate surface area is 194 Å². The maximum Gasteiger partial charge on any atom is 0.251 e. The summed E-state index contributed by atoms with van der Waals surface area (Å²) < 4.78 is 7.76. The molecule has 0 spiro atoms. The van der Waals surface area contributed by atoms with Gasteiger partial charge in [-0.15, -0.1) is 0 Å². The molecule has 33 heavy (non-hydrogen) atoms. The van der Waals surface area contributed by atoms with Crippen LogP contribution in [-0.4, -0.2) is 51.8 Å². The SMILES string of the molecule is Cc1ccc(-c2cccc(C[C@]3(C(N)=O)CN(C(=O)CCn4nccc4C)CCO3)c2)cc1. The fraction of sp³-hybridized carbons (Fsp3) is 0.346. The highest BCUT2D eigenvalue weighted by molar-refractivity contribution is 5.86. The van der Waals surface area contributed by atoms with Gasteiger partial charge in [0.2, 0.25) is 5.91 Å². The molecule has 0 unspecified atom stereocenters. The second-order valence-electron chi connectivity index (χ2n) is 8.71. The van der Waals surface area contributed by atoms with Crippen LogP contribution in [0.1, 0.15) is 23.2 Å². The van der Waals surface area contributed by atoms with E-state index in [-0.39, 0.29) is 19.1 Å². The van der Waals surface area contributed by atoms with Crippen molar-refractivity contribution in [1.82, 2.24) is 14.7 Å². The standard InChI is InChI=1S/C26H30N4O3/c1-19-6-8-22(9-7-19)23-5-3-4-21(16-23)17-26(25(27)32)18-29(14-15-33-26)24(31)11-13-30-20(2)10-12-28-30/h3-10,12,16H,11,13-15,17-18H2,1-2H3,(H2,27,32)/t26-/m1/s1. The zero-order valence-electron chi connectivity index (χ0n) is 19.2. The minimum Gasteiger partial charge on any atom is -0.367 e. The predicted octanol–water partition coefficient (Wildman–Crippen LogP) is 2.88. The molecule has 1 aliphatic heterocycles. The molecule has 0 radical (unpaired) electrons. The van der Waals surface area contributed by atoms with Crippen molar-refractivity contribution in [1.29, 1.82) is 0 Å². The third kappa shape index (κ3) is 5.14. The first-order valence-corrected chi connectivity index (χ1v) is 11.2. The summed E-state index contributed by atoms with van der Waals surface area (Å²) in [6.07, 6.45) is 2.34. The molecule has 172 valence electrons. The topological polar surface area (TPSA) is 90.5 Å². The molecule has 1 aliphatic rings. The van der Waals surface area contributed by atoms with Gasteiger partial charge in [-0.1, -0.05) is 54.1 Å². The summed E-state index contributed by atoms with van der Waals surface area (Å²) in [7, 11) is 0. The minimum atomic E-state index is -1.25. The van der Waals surface area contributed by atoms with Crippen molar-refractivity contribution in [3.05, 3.63) is 77.6 Å². The summed E-state index contributed by atoms with van der Waals surface area (Å²) in [5, 5.41) is 4.23. The lowest BCUT2D eigenvalue weighted by Gasteiger charge is -2.41. The first kappa shape index (κ1) is 22.7. The van der Waals surface area contributed by atoms with Gasteiger partial charge >= 0.3 is 0 Å². The van der Waals surface area contributed by atoms with Gasteiger partial charge in [0, 0.05) is 37.8 Å². The van der Waals surface area contributed by atoms with Crippen molar-refractivity contribution < 1.29 is 14.3 Å².